The third-order valence-corrected chi connectivity index (χ3v) is 8.00. The minimum atomic E-state index is -4.61. The smallest absolute Gasteiger partial charge is 0.384 e. The van der Waals surface area contributed by atoms with Crippen molar-refractivity contribution in [2.24, 2.45) is 5.92 Å². The molecule has 0 radical (unpaired) electrons. The van der Waals surface area contributed by atoms with Crippen molar-refractivity contribution >= 4 is 19.6 Å². The fourth-order valence-corrected chi connectivity index (χ4v) is 6.03. The van der Waals surface area contributed by atoms with Gasteiger partial charge in [0.1, 0.15) is 18.1 Å². The standard InChI is InChI=1S/C26H56NO6PS/c1-6-7-8-9-10-11-12-13-14-15-16-17-18-19-20-35-26(28)24(23-32-5)21-25(22-27(2,3)4)33-34(29,30)31/h24-26,28H,6-23H2,1-5H3,(H-,29,30,31)/p+1. The van der Waals surface area contributed by atoms with Gasteiger partial charge in [-0.1, -0.05) is 90.4 Å². The summed E-state index contributed by atoms with van der Waals surface area (Å²) in [7, 11) is 2.81. The number of quaternary nitrogens is 1. The summed E-state index contributed by atoms with van der Waals surface area (Å²) in [5.74, 6) is 0.624. The van der Waals surface area contributed by atoms with Crippen molar-refractivity contribution in [1.82, 2.24) is 0 Å². The second-order valence-corrected chi connectivity index (χ2v) is 13.4. The minimum absolute atomic E-state index is 0.250. The van der Waals surface area contributed by atoms with E-state index in [1.807, 2.05) is 21.1 Å². The predicted molar refractivity (Wildman–Crippen MR) is 149 cm³/mol. The Hall–Kier alpha value is 0.340. The van der Waals surface area contributed by atoms with E-state index >= 15 is 0 Å². The summed E-state index contributed by atoms with van der Waals surface area (Å²) in [6.45, 7) is 3.02. The van der Waals surface area contributed by atoms with Crippen LogP contribution in [0.5, 0.6) is 0 Å². The summed E-state index contributed by atoms with van der Waals surface area (Å²) >= 11 is 1.51. The van der Waals surface area contributed by atoms with Crippen molar-refractivity contribution in [3.05, 3.63) is 0 Å². The van der Waals surface area contributed by atoms with Crippen LogP contribution in [0.2, 0.25) is 0 Å². The molecule has 9 heteroatoms. The molecular formula is C26H57NO6PS+. The Morgan fingerprint density at radius 3 is 1.69 bits per heavy atom. The molecule has 0 heterocycles. The fourth-order valence-electron chi connectivity index (χ4n) is 4.41. The molecule has 0 amide bonds. The fraction of sp³-hybridized carbons (Fsp3) is 1.00. The molecule has 0 aromatic carbocycles. The van der Waals surface area contributed by atoms with Gasteiger partial charge < -0.3 is 24.1 Å². The molecule has 7 nitrogen and oxygen atoms in total. The molecule has 212 valence electrons. The first-order chi connectivity index (χ1) is 16.5. The van der Waals surface area contributed by atoms with E-state index in [0.29, 0.717) is 24.1 Å². The lowest BCUT2D eigenvalue weighted by molar-refractivity contribution is -0.873. The highest BCUT2D eigenvalue weighted by Crippen LogP contribution is 2.40. The molecule has 0 aromatic rings. The SMILES string of the molecule is CCCCCCCCCCCCCCCCSC(O)C(COC)CC(C[N+](C)(C)C)OP(=O)(O)O. The molecule has 0 aliphatic rings. The van der Waals surface area contributed by atoms with Crippen LogP contribution in [0, 0.1) is 5.92 Å². The molecule has 0 spiro atoms. The quantitative estimate of drug-likeness (QED) is 0.0535. The highest BCUT2D eigenvalue weighted by Gasteiger charge is 2.32. The van der Waals surface area contributed by atoms with Crippen LogP contribution in [0.15, 0.2) is 0 Å². The largest absolute Gasteiger partial charge is 0.470 e. The monoisotopic (exact) mass is 542 g/mol. The van der Waals surface area contributed by atoms with Gasteiger partial charge in [-0.2, -0.15) is 0 Å². The number of rotatable bonds is 25. The van der Waals surface area contributed by atoms with Crippen molar-refractivity contribution in [3.63, 3.8) is 0 Å². The maximum atomic E-state index is 11.4. The Balaban J connectivity index is 4.04. The Morgan fingerprint density at radius 2 is 1.29 bits per heavy atom. The lowest BCUT2D eigenvalue weighted by Crippen LogP contribution is -2.43. The van der Waals surface area contributed by atoms with Crippen molar-refractivity contribution in [2.45, 2.75) is 115 Å². The van der Waals surface area contributed by atoms with Crippen LogP contribution in [-0.4, -0.2) is 78.1 Å². The van der Waals surface area contributed by atoms with E-state index in [4.69, 9.17) is 9.26 Å². The maximum absolute atomic E-state index is 11.4. The number of ether oxygens (including phenoxy) is 1. The van der Waals surface area contributed by atoms with Gasteiger partial charge in [0.25, 0.3) is 0 Å². The van der Waals surface area contributed by atoms with E-state index in [1.54, 1.807) is 7.11 Å². The summed E-state index contributed by atoms with van der Waals surface area (Å²) in [6.07, 6.45) is 18.2. The highest BCUT2D eigenvalue weighted by molar-refractivity contribution is 7.99. The van der Waals surface area contributed by atoms with E-state index in [9.17, 15) is 19.5 Å². The van der Waals surface area contributed by atoms with E-state index in [2.05, 4.69) is 6.92 Å². The number of likely N-dealkylation sites (N-methyl/N-ethyl adjacent to an activating group) is 1. The topological polar surface area (TPSA) is 96.2 Å². The lowest BCUT2D eigenvalue weighted by atomic mass is 10.0. The molecule has 0 saturated heterocycles. The molecular weight excluding hydrogens is 485 g/mol. The van der Waals surface area contributed by atoms with Crippen LogP contribution in [0.25, 0.3) is 0 Å². The Bertz CT molecular complexity index is 528. The van der Waals surface area contributed by atoms with Crippen molar-refractivity contribution in [1.29, 1.82) is 0 Å². The summed E-state index contributed by atoms with van der Waals surface area (Å²) < 4.78 is 22.3. The van der Waals surface area contributed by atoms with Crippen LogP contribution < -0.4 is 0 Å². The molecule has 3 N–H and O–H groups in total. The number of nitrogens with zero attached hydrogens (tertiary/aromatic N) is 1. The predicted octanol–water partition coefficient (Wildman–Crippen LogP) is 6.36. The van der Waals surface area contributed by atoms with Gasteiger partial charge in [-0.3, -0.25) is 4.52 Å². The normalized spacial score (nSPS) is 15.3. The molecule has 0 aromatic heterocycles. The zero-order valence-electron chi connectivity index (χ0n) is 23.3. The zero-order valence-corrected chi connectivity index (χ0v) is 25.0. The summed E-state index contributed by atoms with van der Waals surface area (Å²) in [5, 5.41) is 10.7. The van der Waals surface area contributed by atoms with Gasteiger partial charge in [-0.15, -0.1) is 11.8 Å². The van der Waals surface area contributed by atoms with Crippen molar-refractivity contribution < 1.29 is 33.2 Å². The van der Waals surface area contributed by atoms with E-state index in [0.717, 1.165) is 12.2 Å². The Kier molecular flexibility index (Phi) is 21.5. The number of aliphatic hydroxyl groups excluding tert-OH is 1. The van der Waals surface area contributed by atoms with Gasteiger partial charge in [0.2, 0.25) is 0 Å². The molecule has 0 aliphatic heterocycles. The van der Waals surface area contributed by atoms with Gasteiger partial charge in [0.05, 0.1) is 27.7 Å². The minimum Gasteiger partial charge on any atom is -0.384 e. The number of hydrogen-bond acceptors (Lipinski definition) is 5. The molecule has 3 atom stereocenters. The number of methoxy groups -OCH3 is 1. The van der Waals surface area contributed by atoms with Gasteiger partial charge in [-0.25, -0.2) is 4.57 Å². The first kappa shape index (κ1) is 35.3. The lowest BCUT2D eigenvalue weighted by Gasteiger charge is -2.32. The maximum Gasteiger partial charge on any atom is 0.470 e. The molecule has 3 unspecified atom stereocenters. The summed E-state index contributed by atoms with van der Waals surface area (Å²) in [5.41, 5.74) is -0.646. The van der Waals surface area contributed by atoms with Crippen LogP contribution in [0.4, 0.5) is 0 Å². The Morgan fingerprint density at radius 1 is 0.829 bits per heavy atom. The Labute approximate surface area is 220 Å². The number of phosphoric ester groups is 1. The number of thioether (sulfide) groups is 1. The van der Waals surface area contributed by atoms with Gasteiger partial charge in [-0.05, 0) is 18.6 Å². The molecule has 0 fully saturated rings. The highest BCUT2D eigenvalue weighted by atomic mass is 32.2. The number of unbranched alkanes of at least 4 members (excludes halogenated alkanes) is 13. The second-order valence-electron chi connectivity index (χ2n) is 11.0. The van der Waals surface area contributed by atoms with Crippen LogP contribution in [-0.2, 0) is 13.8 Å². The molecule has 0 bridgehead atoms. The zero-order chi connectivity index (χ0) is 26.6. The van der Waals surface area contributed by atoms with Crippen LogP contribution in [0.3, 0.4) is 0 Å². The van der Waals surface area contributed by atoms with Crippen LogP contribution >= 0.6 is 19.6 Å². The third kappa shape index (κ3) is 24.4. The second kappa shape index (κ2) is 21.3. The third-order valence-electron chi connectivity index (χ3n) is 6.17. The molecule has 0 aliphatic carbocycles. The van der Waals surface area contributed by atoms with Gasteiger partial charge in [0.15, 0.2) is 0 Å². The van der Waals surface area contributed by atoms with Gasteiger partial charge >= 0.3 is 7.82 Å². The molecule has 0 saturated carbocycles. The van der Waals surface area contributed by atoms with E-state index in [1.165, 1.54) is 95.2 Å². The number of phosphoric acid groups is 1. The summed E-state index contributed by atoms with van der Waals surface area (Å²) in [6, 6.07) is 0. The van der Waals surface area contributed by atoms with E-state index < -0.39 is 19.4 Å². The van der Waals surface area contributed by atoms with Crippen LogP contribution in [0.1, 0.15) is 103 Å². The first-order valence-corrected chi connectivity index (χ1v) is 16.4. The number of hydrogen-bond donors (Lipinski definition) is 3. The van der Waals surface area contributed by atoms with Crippen molar-refractivity contribution in [2.75, 3.05) is 47.2 Å². The van der Waals surface area contributed by atoms with E-state index in [-0.39, 0.29) is 5.92 Å². The first-order valence-electron chi connectivity index (χ1n) is 13.8. The average molecular weight is 543 g/mol. The molecule has 0 rings (SSSR count). The molecule has 35 heavy (non-hydrogen) atoms. The number of aliphatic hydroxyl groups is 1. The average Bonchev–Trinajstić information content (AvgIpc) is 2.73. The van der Waals surface area contributed by atoms with Gasteiger partial charge in [0, 0.05) is 13.0 Å². The van der Waals surface area contributed by atoms with Crippen molar-refractivity contribution in [3.8, 4) is 0 Å². The summed E-state index contributed by atoms with van der Waals surface area (Å²) in [4.78, 5) is 18.6.